The van der Waals surface area contributed by atoms with Crippen molar-refractivity contribution < 1.29 is 26.4 Å². The van der Waals surface area contributed by atoms with E-state index in [0.29, 0.717) is 23.7 Å². The third-order valence-corrected chi connectivity index (χ3v) is 9.20. The van der Waals surface area contributed by atoms with E-state index in [1.54, 1.807) is 31.1 Å². The number of thiophene rings is 1. The molecule has 6 nitrogen and oxygen atoms in total. The molecule has 0 spiro atoms. The molecule has 5 rings (SSSR count). The van der Waals surface area contributed by atoms with Crippen LogP contribution in [0.4, 0.5) is 18.9 Å². The minimum atomic E-state index is -4.62. The Labute approximate surface area is 216 Å². The van der Waals surface area contributed by atoms with Gasteiger partial charge in [0.05, 0.1) is 22.4 Å². The third-order valence-electron chi connectivity index (χ3n) is 6.37. The topological polar surface area (TPSA) is 79.4 Å². The molecule has 1 N–H and O–H groups in total. The summed E-state index contributed by atoms with van der Waals surface area (Å²) in [6.45, 7) is 2.13. The number of carbonyl (C=O) groups is 1. The Morgan fingerprint density at radius 3 is 2.54 bits per heavy atom. The van der Waals surface area contributed by atoms with Gasteiger partial charge in [0.25, 0.3) is 15.9 Å². The lowest BCUT2D eigenvalue weighted by Gasteiger charge is -2.22. The van der Waals surface area contributed by atoms with E-state index >= 15 is 0 Å². The van der Waals surface area contributed by atoms with Crippen LogP contribution in [0.2, 0.25) is 0 Å². The zero-order valence-corrected chi connectivity index (χ0v) is 21.5. The summed E-state index contributed by atoms with van der Waals surface area (Å²) < 4.78 is 67.9. The van der Waals surface area contributed by atoms with Crippen molar-refractivity contribution in [3.05, 3.63) is 82.5 Å². The highest BCUT2D eigenvalue weighted by atomic mass is 32.2. The number of benzene rings is 1. The largest absolute Gasteiger partial charge is 0.416 e. The second-order valence-corrected chi connectivity index (χ2v) is 11.9. The second kappa shape index (κ2) is 9.14. The molecule has 192 valence electrons. The fraction of sp³-hybridized carbons (Fsp3) is 0.231. The lowest BCUT2D eigenvalue weighted by molar-refractivity contribution is -0.0887. The summed E-state index contributed by atoms with van der Waals surface area (Å²) in [4.78, 5) is 19.5. The van der Waals surface area contributed by atoms with Gasteiger partial charge in [-0.3, -0.25) is 14.5 Å². The minimum Gasteiger partial charge on any atom is -0.337 e. The maximum atomic E-state index is 13.2. The van der Waals surface area contributed by atoms with Gasteiger partial charge in [-0.2, -0.15) is 13.2 Å². The quantitative estimate of drug-likeness (QED) is 0.413. The van der Waals surface area contributed by atoms with Crippen LogP contribution in [0.25, 0.3) is 20.9 Å². The Morgan fingerprint density at radius 1 is 1.08 bits per heavy atom. The number of sulfonamides is 1. The van der Waals surface area contributed by atoms with Gasteiger partial charge in [0, 0.05) is 40.7 Å². The number of aromatic nitrogens is 1. The number of hydrogen-bond acceptors (Lipinski definition) is 5. The summed E-state index contributed by atoms with van der Waals surface area (Å²) in [5.74, 6) is -0.593. The Bertz CT molecular complexity index is 1570. The Kier molecular flexibility index (Phi) is 6.23. The first-order chi connectivity index (χ1) is 17.4. The van der Waals surface area contributed by atoms with E-state index in [1.807, 2.05) is 30.3 Å². The lowest BCUT2D eigenvalue weighted by atomic mass is 9.98. The molecule has 2 aromatic heterocycles. The minimum absolute atomic E-state index is 0.00259. The number of anilines is 1. The Balaban J connectivity index is 1.39. The number of nitrogens with one attached hydrogen (secondary N) is 1. The predicted octanol–water partition coefficient (Wildman–Crippen LogP) is 6.22. The van der Waals surface area contributed by atoms with Crippen molar-refractivity contribution >= 4 is 33.0 Å². The van der Waals surface area contributed by atoms with Crippen molar-refractivity contribution in [3.8, 4) is 20.9 Å². The average molecular weight is 546 g/mol. The Hall–Kier alpha value is -3.44. The highest BCUT2D eigenvalue weighted by molar-refractivity contribution is 7.96. The van der Waals surface area contributed by atoms with Crippen LogP contribution in [0.5, 0.6) is 0 Å². The van der Waals surface area contributed by atoms with Crippen molar-refractivity contribution in [2.45, 2.75) is 26.1 Å². The number of hydrogen-bond donors (Lipinski definition) is 1. The molecule has 1 aromatic carbocycles. The van der Waals surface area contributed by atoms with Crippen molar-refractivity contribution in [1.82, 2.24) is 9.88 Å². The van der Waals surface area contributed by atoms with Crippen LogP contribution in [0, 0.1) is 5.92 Å². The Morgan fingerprint density at radius 2 is 1.81 bits per heavy atom. The third kappa shape index (κ3) is 4.93. The van der Waals surface area contributed by atoms with Crippen LogP contribution in [0.3, 0.4) is 0 Å². The molecule has 1 aliphatic heterocycles. The van der Waals surface area contributed by atoms with E-state index < -0.39 is 27.7 Å². The standard InChI is InChI=1S/C26H22F3N3O3S2/c1-15-3-5-19(26(27,28)29)11-24(15)37(34,35)31-20-10-17(12-30-13-20)23-8-7-22(36-23)16-4-6-21-18(9-16)14-32(2)25(21)33/h4-13,15,31H,3,14H2,1-2H3. The normalized spacial score (nSPS) is 17.9. The van der Waals surface area contributed by atoms with Gasteiger partial charge in [-0.05, 0) is 59.9 Å². The van der Waals surface area contributed by atoms with E-state index in [0.717, 1.165) is 27.0 Å². The summed E-state index contributed by atoms with van der Waals surface area (Å²) in [6.07, 6.45) is -0.0258. The molecule has 3 heterocycles. The van der Waals surface area contributed by atoms with Crippen molar-refractivity contribution in [1.29, 1.82) is 0 Å². The monoisotopic (exact) mass is 545 g/mol. The number of nitrogens with zero attached hydrogens (tertiary/aromatic N) is 2. The van der Waals surface area contributed by atoms with Crippen LogP contribution < -0.4 is 4.72 Å². The maximum Gasteiger partial charge on any atom is 0.416 e. The van der Waals surface area contributed by atoms with Crippen LogP contribution >= 0.6 is 11.3 Å². The van der Waals surface area contributed by atoms with Gasteiger partial charge in [0.2, 0.25) is 0 Å². The van der Waals surface area contributed by atoms with Gasteiger partial charge in [-0.15, -0.1) is 11.3 Å². The predicted molar refractivity (Wildman–Crippen MR) is 137 cm³/mol. The molecule has 1 aliphatic carbocycles. The first-order valence-corrected chi connectivity index (χ1v) is 13.7. The van der Waals surface area contributed by atoms with Crippen molar-refractivity contribution in [3.63, 3.8) is 0 Å². The van der Waals surface area contributed by atoms with Gasteiger partial charge in [-0.1, -0.05) is 19.1 Å². The maximum absolute atomic E-state index is 13.2. The second-order valence-electron chi connectivity index (χ2n) is 9.11. The zero-order chi connectivity index (χ0) is 26.5. The zero-order valence-electron chi connectivity index (χ0n) is 19.8. The first kappa shape index (κ1) is 25.2. The molecule has 1 unspecified atom stereocenters. The fourth-order valence-electron chi connectivity index (χ4n) is 4.43. The highest BCUT2D eigenvalue weighted by Gasteiger charge is 2.37. The van der Waals surface area contributed by atoms with E-state index in [9.17, 15) is 26.4 Å². The number of halogens is 3. The molecule has 0 saturated carbocycles. The lowest BCUT2D eigenvalue weighted by Crippen LogP contribution is -2.23. The number of rotatable bonds is 5. The van der Waals surface area contributed by atoms with Crippen LogP contribution in [-0.2, 0) is 16.6 Å². The van der Waals surface area contributed by atoms with E-state index in [4.69, 9.17) is 0 Å². The van der Waals surface area contributed by atoms with Gasteiger partial charge in [0.1, 0.15) is 0 Å². The summed E-state index contributed by atoms with van der Waals surface area (Å²) in [6, 6.07) is 11.2. The number of amides is 1. The van der Waals surface area contributed by atoms with Crippen molar-refractivity contribution in [2.75, 3.05) is 11.8 Å². The molecule has 3 aromatic rings. The molecule has 1 amide bonds. The molecule has 1 atom stereocenters. The first-order valence-electron chi connectivity index (χ1n) is 11.4. The van der Waals surface area contributed by atoms with Crippen LogP contribution in [0.1, 0.15) is 29.3 Å². The molecule has 0 fully saturated rings. The van der Waals surface area contributed by atoms with Crippen LogP contribution in [0.15, 0.2) is 71.4 Å². The van der Waals surface area contributed by atoms with E-state index in [1.165, 1.54) is 17.5 Å². The molecule has 0 bridgehead atoms. The number of alkyl halides is 3. The van der Waals surface area contributed by atoms with E-state index in [-0.39, 0.29) is 22.9 Å². The molecular formula is C26H22F3N3O3S2. The molecule has 37 heavy (non-hydrogen) atoms. The molecule has 2 aliphatic rings. The van der Waals surface area contributed by atoms with Gasteiger partial charge < -0.3 is 4.90 Å². The summed E-state index contributed by atoms with van der Waals surface area (Å²) in [5.41, 5.74) is 2.48. The smallest absolute Gasteiger partial charge is 0.337 e. The number of allylic oxidation sites excluding steroid dienone is 4. The number of pyridine rings is 1. The summed E-state index contributed by atoms with van der Waals surface area (Å²) in [5, 5.41) is 0. The molecular weight excluding hydrogens is 523 g/mol. The van der Waals surface area contributed by atoms with Gasteiger partial charge >= 0.3 is 6.18 Å². The summed E-state index contributed by atoms with van der Waals surface area (Å²) in [7, 11) is -2.47. The molecule has 0 saturated heterocycles. The molecule has 11 heteroatoms. The number of carbonyl (C=O) groups excluding carboxylic acids is 1. The molecule has 0 radical (unpaired) electrons. The van der Waals surface area contributed by atoms with Gasteiger partial charge in [-0.25, -0.2) is 8.42 Å². The SMILES string of the molecule is CC1CC=C(C(F)(F)F)C=C1S(=O)(=O)Nc1cncc(-c2ccc(-c3ccc4c(c3)CN(C)C4=O)s2)c1. The summed E-state index contributed by atoms with van der Waals surface area (Å²) >= 11 is 1.48. The van der Waals surface area contributed by atoms with E-state index in [2.05, 4.69) is 9.71 Å². The van der Waals surface area contributed by atoms with Gasteiger partial charge in [0.15, 0.2) is 0 Å². The average Bonchev–Trinajstić information content (AvgIpc) is 3.43. The fourth-order valence-corrected chi connectivity index (χ4v) is 6.86. The number of fused-ring (bicyclic) bond motifs is 1. The van der Waals surface area contributed by atoms with Crippen molar-refractivity contribution in [2.24, 2.45) is 5.92 Å². The highest BCUT2D eigenvalue weighted by Crippen LogP contribution is 2.38. The van der Waals surface area contributed by atoms with Crippen LogP contribution in [-0.4, -0.2) is 37.4 Å².